The van der Waals surface area contributed by atoms with E-state index >= 15 is 0 Å². The number of hydrogen-bond acceptors (Lipinski definition) is 9. The van der Waals surface area contributed by atoms with E-state index in [1.54, 1.807) is 0 Å². The van der Waals surface area contributed by atoms with Gasteiger partial charge >= 0.3 is 0 Å². The summed E-state index contributed by atoms with van der Waals surface area (Å²) in [5.41, 5.74) is 11.7. The van der Waals surface area contributed by atoms with Crippen LogP contribution in [-0.2, 0) is 70.0 Å². The summed E-state index contributed by atoms with van der Waals surface area (Å²) in [5, 5.41) is 0. The van der Waals surface area contributed by atoms with Crippen molar-refractivity contribution in [1.82, 2.24) is 0 Å². The van der Waals surface area contributed by atoms with Crippen molar-refractivity contribution < 1.29 is 42.6 Å². The molecule has 310 valence electrons. The molecule has 9 heteroatoms. The number of benzene rings is 3. The van der Waals surface area contributed by atoms with Gasteiger partial charge in [0.05, 0.1) is 57.5 Å². The van der Waals surface area contributed by atoms with Crippen LogP contribution in [0.1, 0.15) is 95.0 Å². The minimum atomic E-state index is 0.0165. The summed E-state index contributed by atoms with van der Waals surface area (Å²) in [7, 11) is 0. The van der Waals surface area contributed by atoms with Crippen LogP contribution in [0, 0.1) is 0 Å². The Balaban J connectivity index is 0.884. The molecule has 3 aromatic rings. The summed E-state index contributed by atoms with van der Waals surface area (Å²) in [4.78, 5) is 0. The third-order valence-corrected chi connectivity index (χ3v) is 11.8. The maximum absolute atomic E-state index is 6.67. The Hall–Kier alpha value is -3.38. The summed E-state index contributed by atoms with van der Waals surface area (Å²) in [5.74, 6) is 1.05. The first-order chi connectivity index (χ1) is 28.7. The Morgan fingerprint density at radius 2 is 0.966 bits per heavy atom. The molecule has 6 heterocycles. The predicted molar refractivity (Wildman–Crippen MR) is 224 cm³/mol. The Morgan fingerprint density at radius 3 is 1.55 bits per heavy atom. The third kappa shape index (κ3) is 12.8. The van der Waals surface area contributed by atoms with Crippen LogP contribution in [0.3, 0.4) is 0 Å². The van der Waals surface area contributed by atoms with E-state index in [9.17, 15) is 0 Å². The minimum Gasteiger partial charge on any atom is -0.493 e. The smallest absolute Gasteiger partial charge is 0.181 e. The van der Waals surface area contributed by atoms with Crippen LogP contribution in [0.15, 0.2) is 48.5 Å². The van der Waals surface area contributed by atoms with Crippen molar-refractivity contribution in [2.75, 3.05) is 59.5 Å². The van der Waals surface area contributed by atoms with Crippen LogP contribution in [0.5, 0.6) is 5.75 Å². The van der Waals surface area contributed by atoms with Crippen LogP contribution < -0.4 is 4.74 Å². The molecule has 6 unspecified atom stereocenters. The monoisotopic (exact) mass is 792 g/mol. The van der Waals surface area contributed by atoms with Crippen molar-refractivity contribution in [1.29, 1.82) is 0 Å². The molecule has 6 aliphatic heterocycles. The van der Waals surface area contributed by atoms with Crippen molar-refractivity contribution >= 4 is 24.3 Å². The molecule has 0 bridgehead atoms. The van der Waals surface area contributed by atoms with Gasteiger partial charge in [0.25, 0.3) is 0 Å². The third-order valence-electron chi connectivity index (χ3n) is 11.8. The Kier molecular flexibility index (Phi) is 13.7. The molecule has 9 rings (SSSR count). The van der Waals surface area contributed by atoms with E-state index in [0.717, 1.165) is 141 Å². The molecule has 0 amide bonds. The molecule has 6 atom stereocenters. The topological polar surface area (TPSA) is 103 Å². The fourth-order valence-corrected chi connectivity index (χ4v) is 7.84. The molecule has 3 aromatic carbocycles. The van der Waals surface area contributed by atoms with Crippen molar-refractivity contribution in [3.63, 3.8) is 0 Å². The highest BCUT2D eigenvalue weighted by Crippen LogP contribution is 2.35. The zero-order chi connectivity index (χ0) is 38.9. The average molecular weight is 793 g/mol. The number of aryl methyl sites for hydroxylation is 1. The lowest BCUT2D eigenvalue weighted by Crippen LogP contribution is -2.09. The van der Waals surface area contributed by atoms with E-state index in [1.807, 2.05) is 0 Å². The Labute approximate surface area is 343 Å². The molecule has 6 aliphatic rings. The normalized spacial score (nSPS) is 25.1. The first-order valence-corrected chi connectivity index (χ1v) is 22.0. The summed E-state index contributed by atoms with van der Waals surface area (Å²) < 4.78 is 51.1. The van der Waals surface area contributed by atoms with Gasteiger partial charge in [-0.15, -0.1) is 0 Å². The fraction of sp³-hybridized carbons (Fsp3) is 0.551. The molecule has 0 aliphatic carbocycles. The van der Waals surface area contributed by atoms with Crippen LogP contribution in [0.4, 0.5) is 0 Å². The van der Waals surface area contributed by atoms with Crippen molar-refractivity contribution in [2.45, 2.75) is 114 Å². The van der Waals surface area contributed by atoms with E-state index in [0.29, 0.717) is 24.9 Å². The molecular weight excluding hydrogens is 733 g/mol. The standard InChI is InChI=1S/C49H60O9/c1(4-22-50-47-32-57-47)7-38-20-18-37(46(27-43-31-56-43)49(38)52-24-5-2-8-40-28-53-40)17-15-35-12-10-34(11-13-35)14-16-36-19-21-39(25-41-29-54-41)45(26-42-30-55-42)44(36)9-3-6-23-51-48-33-58-48/h10-21,40-43,47-48H,1-9,22-33H2/b16-14+,17-15+. The fourth-order valence-electron chi connectivity index (χ4n) is 7.84. The molecule has 58 heavy (non-hydrogen) atoms. The second kappa shape index (κ2) is 19.8. The minimum absolute atomic E-state index is 0.0165. The van der Waals surface area contributed by atoms with Crippen LogP contribution >= 0.6 is 0 Å². The summed E-state index contributed by atoms with van der Waals surface area (Å²) in [6, 6.07) is 18.0. The number of epoxide rings is 6. The van der Waals surface area contributed by atoms with Crippen LogP contribution in [-0.4, -0.2) is 96.5 Å². The van der Waals surface area contributed by atoms with Gasteiger partial charge in [-0.05, 0) is 102 Å². The molecule has 0 radical (unpaired) electrons. The average Bonchev–Trinajstić information content (AvgIpc) is 4.00. The van der Waals surface area contributed by atoms with Gasteiger partial charge in [-0.25, -0.2) is 0 Å². The van der Waals surface area contributed by atoms with Gasteiger partial charge in [-0.3, -0.25) is 0 Å². The van der Waals surface area contributed by atoms with Gasteiger partial charge in [0, 0.05) is 38.0 Å². The Bertz CT molecular complexity index is 1850. The van der Waals surface area contributed by atoms with E-state index < -0.39 is 0 Å². The maximum Gasteiger partial charge on any atom is 0.181 e. The second-order valence-corrected chi connectivity index (χ2v) is 16.7. The SMILES string of the molecule is C(=C\c1ccc(CC2CO2)c(CC2CO2)c1CCCCOC1CO1)/c1ccc(/C=C/c2ccc(CCCCOC3CO3)c(OCCCCC3CO3)c2CC2CO2)cc1. The first kappa shape index (κ1) is 40.0. The van der Waals surface area contributed by atoms with Gasteiger partial charge in [-0.2, -0.15) is 0 Å². The van der Waals surface area contributed by atoms with Gasteiger partial charge in [0.2, 0.25) is 0 Å². The molecule has 0 aromatic heterocycles. The number of unbranched alkanes of at least 4 members (excludes halogenated alkanes) is 3. The van der Waals surface area contributed by atoms with Crippen molar-refractivity contribution in [3.05, 3.63) is 98.6 Å². The zero-order valence-corrected chi connectivity index (χ0v) is 33.9. The Morgan fingerprint density at radius 1 is 0.448 bits per heavy atom. The summed E-state index contributed by atoms with van der Waals surface area (Å²) >= 11 is 0. The molecule has 6 fully saturated rings. The van der Waals surface area contributed by atoms with Gasteiger partial charge in [-0.1, -0.05) is 72.8 Å². The van der Waals surface area contributed by atoms with Crippen molar-refractivity contribution in [3.8, 4) is 5.75 Å². The molecule has 0 N–H and O–H groups in total. The zero-order valence-electron chi connectivity index (χ0n) is 33.9. The predicted octanol–water partition coefficient (Wildman–Crippen LogP) is 8.19. The highest BCUT2D eigenvalue weighted by atomic mass is 16.8. The van der Waals surface area contributed by atoms with Gasteiger partial charge in [0.1, 0.15) is 19.0 Å². The first-order valence-electron chi connectivity index (χ1n) is 22.0. The molecule has 0 spiro atoms. The van der Waals surface area contributed by atoms with Gasteiger partial charge in [0.15, 0.2) is 12.6 Å². The van der Waals surface area contributed by atoms with E-state index in [-0.39, 0.29) is 18.7 Å². The van der Waals surface area contributed by atoms with Gasteiger partial charge < -0.3 is 42.6 Å². The maximum atomic E-state index is 6.67. The van der Waals surface area contributed by atoms with Crippen molar-refractivity contribution in [2.24, 2.45) is 0 Å². The van der Waals surface area contributed by atoms with E-state index in [1.165, 1.54) is 44.5 Å². The number of hydrogen-bond donors (Lipinski definition) is 0. The van der Waals surface area contributed by atoms with Crippen LogP contribution in [0.2, 0.25) is 0 Å². The number of rotatable bonds is 28. The lowest BCUT2D eigenvalue weighted by molar-refractivity contribution is 0.0479. The second-order valence-electron chi connectivity index (χ2n) is 16.7. The molecular formula is C49H60O9. The van der Waals surface area contributed by atoms with Crippen LogP contribution in [0.25, 0.3) is 24.3 Å². The van der Waals surface area contributed by atoms with E-state index in [2.05, 4.69) is 72.8 Å². The largest absolute Gasteiger partial charge is 0.493 e. The molecule has 6 saturated heterocycles. The van der Waals surface area contributed by atoms with E-state index in [4.69, 9.17) is 42.6 Å². The highest BCUT2D eigenvalue weighted by molar-refractivity contribution is 5.76. The summed E-state index contributed by atoms with van der Waals surface area (Å²) in [6.07, 6.45) is 22.7. The lowest BCUT2D eigenvalue weighted by atomic mass is 9.88. The number of ether oxygens (including phenoxy) is 9. The highest BCUT2D eigenvalue weighted by Gasteiger charge is 2.30. The quantitative estimate of drug-likeness (QED) is 0.0409. The summed E-state index contributed by atoms with van der Waals surface area (Å²) in [6.45, 7) is 7.10. The molecule has 0 saturated carbocycles. The lowest BCUT2D eigenvalue weighted by Gasteiger charge is -2.18. The molecule has 9 nitrogen and oxygen atoms in total.